The van der Waals surface area contributed by atoms with Gasteiger partial charge in [-0.25, -0.2) is 4.79 Å². The summed E-state index contributed by atoms with van der Waals surface area (Å²) in [5, 5.41) is 6.63. The molecular formula is C5H10N4O2. The standard InChI is InChI=1S/C5H10N4O2/c1-3(4(10)11-2)8-9-5(6)7/h1-2H3,(H4,6,7,9). The van der Waals surface area contributed by atoms with Gasteiger partial charge in [0.15, 0.2) is 0 Å². The molecule has 0 saturated heterocycles. The Labute approximate surface area is 63.9 Å². The number of ether oxygens (including phenoxy) is 1. The van der Waals surface area contributed by atoms with E-state index in [9.17, 15) is 4.79 Å². The number of nitrogens with zero attached hydrogens (tertiary/aromatic N) is 2. The minimum absolute atomic E-state index is 0.0981. The van der Waals surface area contributed by atoms with Gasteiger partial charge in [-0.05, 0) is 6.92 Å². The summed E-state index contributed by atoms with van der Waals surface area (Å²) in [6.45, 7) is 1.44. The molecule has 0 aliphatic heterocycles. The lowest BCUT2D eigenvalue weighted by molar-refractivity contribution is -0.132. The Bertz CT molecular complexity index is 205. The summed E-state index contributed by atoms with van der Waals surface area (Å²) in [6, 6.07) is 0. The van der Waals surface area contributed by atoms with Gasteiger partial charge in [-0.2, -0.15) is 0 Å². The quantitative estimate of drug-likeness (QED) is 0.228. The molecule has 62 valence electrons. The summed E-state index contributed by atoms with van der Waals surface area (Å²) >= 11 is 0. The third kappa shape index (κ3) is 3.90. The normalized spacial score (nSPS) is 10.5. The molecule has 4 N–H and O–H groups in total. The van der Waals surface area contributed by atoms with Crippen LogP contribution in [0.5, 0.6) is 0 Å². The fourth-order valence-electron chi connectivity index (χ4n) is 0.321. The van der Waals surface area contributed by atoms with E-state index in [1.54, 1.807) is 0 Å². The van der Waals surface area contributed by atoms with Crippen LogP contribution in [0.25, 0.3) is 0 Å². The lowest BCUT2D eigenvalue weighted by Crippen LogP contribution is -2.22. The predicted molar refractivity (Wildman–Crippen MR) is 40.9 cm³/mol. The number of carbonyl (C=O) groups excluding carboxylic acids is 1. The van der Waals surface area contributed by atoms with Gasteiger partial charge in [-0.1, -0.05) is 0 Å². The zero-order valence-corrected chi connectivity index (χ0v) is 6.37. The average Bonchev–Trinajstić information content (AvgIpc) is 1.98. The predicted octanol–water partition coefficient (Wildman–Crippen LogP) is -1.19. The van der Waals surface area contributed by atoms with E-state index < -0.39 is 5.97 Å². The topological polar surface area (TPSA) is 103 Å². The summed E-state index contributed by atoms with van der Waals surface area (Å²) in [7, 11) is 1.25. The van der Waals surface area contributed by atoms with Crippen molar-refractivity contribution in [3.05, 3.63) is 0 Å². The molecule has 0 amide bonds. The molecule has 0 aromatic heterocycles. The Morgan fingerprint density at radius 1 is 1.36 bits per heavy atom. The van der Waals surface area contributed by atoms with Crippen LogP contribution < -0.4 is 11.5 Å². The largest absolute Gasteiger partial charge is 0.464 e. The number of hydrogen-bond acceptors (Lipinski definition) is 4. The van der Waals surface area contributed by atoms with Gasteiger partial charge >= 0.3 is 5.97 Å². The van der Waals surface area contributed by atoms with Gasteiger partial charge < -0.3 is 16.2 Å². The smallest absolute Gasteiger partial charge is 0.354 e. The zero-order chi connectivity index (χ0) is 8.85. The monoisotopic (exact) mass is 158 g/mol. The first-order valence-corrected chi connectivity index (χ1v) is 2.79. The minimum atomic E-state index is -0.560. The van der Waals surface area contributed by atoms with Crippen molar-refractivity contribution >= 4 is 17.6 Å². The van der Waals surface area contributed by atoms with E-state index >= 15 is 0 Å². The van der Waals surface area contributed by atoms with Crippen molar-refractivity contribution in [2.24, 2.45) is 21.7 Å². The molecule has 0 radical (unpaired) electrons. The zero-order valence-electron chi connectivity index (χ0n) is 6.37. The van der Waals surface area contributed by atoms with Crippen LogP contribution in [0.4, 0.5) is 0 Å². The Balaban J connectivity index is 4.23. The second kappa shape index (κ2) is 4.26. The maximum atomic E-state index is 10.6. The van der Waals surface area contributed by atoms with Gasteiger partial charge in [0.05, 0.1) is 7.11 Å². The average molecular weight is 158 g/mol. The molecular weight excluding hydrogens is 148 g/mol. The second-order valence-electron chi connectivity index (χ2n) is 1.70. The molecule has 0 atom stereocenters. The van der Waals surface area contributed by atoms with Crippen molar-refractivity contribution in [2.45, 2.75) is 6.92 Å². The maximum Gasteiger partial charge on any atom is 0.354 e. The van der Waals surface area contributed by atoms with Crippen LogP contribution in [0.3, 0.4) is 0 Å². The molecule has 0 unspecified atom stereocenters. The summed E-state index contributed by atoms with van der Waals surface area (Å²) in [5.41, 5.74) is 10.00. The lowest BCUT2D eigenvalue weighted by atomic mass is 10.4. The van der Waals surface area contributed by atoms with Crippen LogP contribution in [0.2, 0.25) is 0 Å². The number of hydrogen-bond donors (Lipinski definition) is 2. The Hall–Kier alpha value is -1.59. The van der Waals surface area contributed by atoms with Gasteiger partial charge in [0, 0.05) is 0 Å². The van der Waals surface area contributed by atoms with Crippen LogP contribution >= 0.6 is 0 Å². The molecule has 11 heavy (non-hydrogen) atoms. The summed E-state index contributed by atoms with van der Waals surface area (Å²) in [4.78, 5) is 10.6. The fourth-order valence-corrected chi connectivity index (χ4v) is 0.321. The van der Waals surface area contributed by atoms with Gasteiger partial charge in [0.2, 0.25) is 5.96 Å². The third-order valence-electron chi connectivity index (χ3n) is 0.796. The molecule has 0 aromatic carbocycles. The Morgan fingerprint density at radius 2 is 1.91 bits per heavy atom. The number of nitrogens with two attached hydrogens (primary N) is 2. The van der Waals surface area contributed by atoms with Crippen LogP contribution in [0, 0.1) is 0 Å². The van der Waals surface area contributed by atoms with Gasteiger partial charge in [-0.15, -0.1) is 10.2 Å². The summed E-state index contributed by atoms with van der Waals surface area (Å²) in [5.74, 6) is -0.761. The molecule has 0 heterocycles. The van der Waals surface area contributed by atoms with Crippen LogP contribution in [0.15, 0.2) is 10.2 Å². The Kier molecular flexibility index (Phi) is 3.65. The van der Waals surface area contributed by atoms with Crippen molar-refractivity contribution in [3.63, 3.8) is 0 Å². The highest BCUT2D eigenvalue weighted by Gasteiger charge is 2.03. The molecule has 0 rings (SSSR count). The van der Waals surface area contributed by atoms with E-state index in [0.29, 0.717) is 0 Å². The highest BCUT2D eigenvalue weighted by molar-refractivity contribution is 6.35. The number of guanidine groups is 1. The fraction of sp³-hybridized carbons (Fsp3) is 0.400. The van der Waals surface area contributed by atoms with Crippen molar-refractivity contribution in [1.29, 1.82) is 0 Å². The molecule has 0 aliphatic carbocycles. The number of carbonyl (C=O) groups is 1. The Morgan fingerprint density at radius 3 is 2.27 bits per heavy atom. The third-order valence-corrected chi connectivity index (χ3v) is 0.796. The molecule has 0 aromatic rings. The first-order chi connectivity index (χ1) is 5.07. The van der Waals surface area contributed by atoms with E-state index in [4.69, 9.17) is 11.5 Å². The van der Waals surface area contributed by atoms with Crippen molar-refractivity contribution < 1.29 is 9.53 Å². The summed E-state index contributed by atoms with van der Waals surface area (Å²) < 4.78 is 4.32. The van der Waals surface area contributed by atoms with E-state index in [1.165, 1.54) is 14.0 Å². The molecule has 0 spiro atoms. The van der Waals surface area contributed by atoms with Crippen molar-refractivity contribution in [2.75, 3.05) is 7.11 Å². The second-order valence-corrected chi connectivity index (χ2v) is 1.70. The molecule has 6 heteroatoms. The van der Waals surface area contributed by atoms with Crippen molar-refractivity contribution in [3.8, 4) is 0 Å². The van der Waals surface area contributed by atoms with E-state index in [-0.39, 0.29) is 11.7 Å². The highest BCUT2D eigenvalue weighted by Crippen LogP contribution is 1.82. The summed E-state index contributed by atoms with van der Waals surface area (Å²) in [6.07, 6.45) is 0. The molecule has 0 fully saturated rings. The molecule has 0 aliphatic rings. The SMILES string of the molecule is COC(=O)C(C)=NN=C(N)N. The lowest BCUT2D eigenvalue weighted by Gasteiger charge is -1.93. The molecule has 0 saturated carbocycles. The minimum Gasteiger partial charge on any atom is -0.464 e. The van der Waals surface area contributed by atoms with Crippen LogP contribution in [0.1, 0.15) is 6.92 Å². The van der Waals surface area contributed by atoms with Gasteiger partial charge in [-0.3, -0.25) is 0 Å². The van der Waals surface area contributed by atoms with Crippen LogP contribution in [-0.4, -0.2) is 24.8 Å². The number of rotatable bonds is 2. The molecule has 6 nitrogen and oxygen atoms in total. The maximum absolute atomic E-state index is 10.6. The first kappa shape index (κ1) is 9.41. The first-order valence-electron chi connectivity index (χ1n) is 2.79. The van der Waals surface area contributed by atoms with E-state index in [1.807, 2.05) is 0 Å². The molecule has 0 bridgehead atoms. The van der Waals surface area contributed by atoms with E-state index in [2.05, 4.69) is 14.9 Å². The van der Waals surface area contributed by atoms with Crippen LogP contribution in [-0.2, 0) is 9.53 Å². The number of esters is 1. The van der Waals surface area contributed by atoms with Gasteiger partial charge in [0.1, 0.15) is 5.71 Å². The number of methoxy groups -OCH3 is 1. The highest BCUT2D eigenvalue weighted by atomic mass is 16.5. The van der Waals surface area contributed by atoms with E-state index in [0.717, 1.165) is 0 Å². The van der Waals surface area contributed by atoms with Gasteiger partial charge in [0.25, 0.3) is 0 Å². The van der Waals surface area contributed by atoms with Crippen molar-refractivity contribution in [1.82, 2.24) is 0 Å².